The molecule has 3 nitrogen and oxygen atoms in total. The van der Waals surface area contributed by atoms with Gasteiger partial charge in [0.05, 0.1) is 5.92 Å². The third-order valence-electron chi connectivity index (χ3n) is 2.85. The second kappa shape index (κ2) is 4.78. The lowest BCUT2D eigenvalue weighted by molar-refractivity contribution is -0.125. The Kier molecular flexibility index (Phi) is 3.93. The summed E-state index contributed by atoms with van der Waals surface area (Å²) >= 11 is 0. The van der Waals surface area contributed by atoms with Crippen molar-refractivity contribution in [2.75, 3.05) is 6.54 Å². The van der Waals surface area contributed by atoms with E-state index in [0.29, 0.717) is 24.4 Å². The van der Waals surface area contributed by atoms with E-state index in [1.807, 2.05) is 0 Å². The van der Waals surface area contributed by atoms with Crippen molar-refractivity contribution in [2.45, 2.75) is 39.7 Å². The maximum Gasteiger partial charge on any atom is 0.224 e. The number of nitrogens with two attached hydrogens (primary N) is 1. The fraction of sp³-hybridized carbons (Fsp3) is 0.909. The first kappa shape index (κ1) is 11.5. The molecule has 1 aliphatic carbocycles. The highest BCUT2D eigenvalue weighted by Gasteiger charge is 2.35. The van der Waals surface area contributed by atoms with Gasteiger partial charge in [0.25, 0.3) is 0 Å². The topological polar surface area (TPSA) is 55.1 Å². The Morgan fingerprint density at radius 1 is 1.57 bits per heavy atom. The van der Waals surface area contributed by atoms with Gasteiger partial charge in [-0.1, -0.05) is 20.8 Å². The summed E-state index contributed by atoms with van der Waals surface area (Å²) in [4.78, 5) is 11.7. The second-order valence-corrected chi connectivity index (χ2v) is 4.89. The molecule has 82 valence electrons. The van der Waals surface area contributed by atoms with Gasteiger partial charge in [-0.25, -0.2) is 0 Å². The second-order valence-electron chi connectivity index (χ2n) is 4.89. The molecule has 3 atom stereocenters. The van der Waals surface area contributed by atoms with Gasteiger partial charge in [0.2, 0.25) is 5.91 Å². The average molecular weight is 198 g/mol. The Morgan fingerprint density at radius 3 is 2.50 bits per heavy atom. The predicted molar refractivity (Wildman–Crippen MR) is 57.7 cm³/mol. The zero-order valence-corrected chi connectivity index (χ0v) is 9.42. The molecule has 0 aliphatic heterocycles. The van der Waals surface area contributed by atoms with Crippen LogP contribution in [-0.2, 0) is 4.79 Å². The molecule has 1 amide bonds. The predicted octanol–water partition coefficient (Wildman–Crippen LogP) is 1.13. The fourth-order valence-corrected chi connectivity index (χ4v) is 1.70. The Balaban J connectivity index is 2.31. The molecule has 1 aliphatic rings. The summed E-state index contributed by atoms with van der Waals surface area (Å²) in [7, 11) is 0. The van der Waals surface area contributed by atoms with Crippen LogP contribution in [0.15, 0.2) is 0 Å². The van der Waals surface area contributed by atoms with Gasteiger partial charge in [-0.2, -0.15) is 0 Å². The molecule has 0 saturated heterocycles. The Bertz CT molecular complexity index is 203. The molecular formula is C11H22N2O. The summed E-state index contributed by atoms with van der Waals surface area (Å²) < 4.78 is 0. The van der Waals surface area contributed by atoms with Crippen LogP contribution in [0.2, 0.25) is 0 Å². The molecule has 0 aromatic heterocycles. The SMILES string of the molecule is CC(C)CC(CN)C(=O)NC1CC1C. The minimum absolute atomic E-state index is 0.00259. The summed E-state index contributed by atoms with van der Waals surface area (Å²) in [5.41, 5.74) is 5.59. The van der Waals surface area contributed by atoms with E-state index in [0.717, 1.165) is 12.8 Å². The van der Waals surface area contributed by atoms with Crippen molar-refractivity contribution in [3.05, 3.63) is 0 Å². The lowest BCUT2D eigenvalue weighted by Gasteiger charge is -2.16. The number of carbonyl (C=O) groups is 1. The maximum atomic E-state index is 11.7. The van der Waals surface area contributed by atoms with Gasteiger partial charge in [0.15, 0.2) is 0 Å². The van der Waals surface area contributed by atoms with E-state index in [9.17, 15) is 4.79 Å². The first-order valence-corrected chi connectivity index (χ1v) is 5.55. The number of carbonyl (C=O) groups excluding carboxylic acids is 1. The van der Waals surface area contributed by atoms with E-state index in [4.69, 9.17) is 5.73 Å². The number of hydrogen-bond acceptors (Lipinski definition) is 2. The van der Waals surface area contributed by atoms with Gasteiger partial charge in [-0.15, -0.1) is 0 Å². The molecule has 0 spiro atoms. The maximum absolute atomic E-state index is 11.7. The standard InChI is InChI=1S/C11H22N2O/c1-7(2)4-9(6-12)11(14)13-10-5-8(10)3/h7-10H,4-6,12H2,1-3H3,(H,13,14). The van der Waals surface area contributed by atoms with E-state index < -0.39 is 0 Å². The van der Waals surface area contributed by atoms with Crippen molar-refractivity contribution in [2.24, 2.45) is 23.5 Å². The number of rotatable bonds is 5. The molecule has 1 fully saturated rings. The lowest BCUT2D eigenvalue weighted by atomic mass is 9.96. The number of amides is 1. The van der Waals surface area contributed by atoms with Gasteiger partial charge in [0.1, 0.15) is 0 Å². The fourth-order valence-electron chi connectivity index (χ4n) is 1.70. The van der Waals surface area contributed by atoms with Crippen LogP contribution in [0.5, 0.6) is 0 Å². The monoisotopic (exact) mass is 198 g/mol. The summed E-state index contributed by atoms with van der Waals surface area (Å²) in [5.74, 6) is 1.35. The molecule has 3 unspecified atom stereocenters. The van der Waals surface area contributed by atoms with E-state index in [1.54, 1.807) is 0 Å². The molecular weight excluding hydrogens is 176 g/mol. The molecule has 3 N–H and O–H groups in total. The lowest BCUT2D eigenvalue weighted by Crippen LogP contribution is -2.37. The van der Waals surface area contributed by atoms with Crippen molar-refractivity contribution in [1.82, 2.24) is 5.32 Å². The van der Waals surface area contributed by atoms with Crippen LogP contribution in [0.3, 0.4) is 0 Å². The van der Waals surface area contributed by atoms with Gasteiger partial charge < -0.3 is 11.1 Å². The molecule has 14 heavy (non-hydrogen) atoms. The van der Waals surface area contributed by atoms with Crippen LogP contribution < -0.4 is 11.1 Å². The largest absolute Gasteiger partial charge is 0.353 e. The Labute approximate surface area is 86.4 Å². The zero-order chi connectivity index (χ0) is 10.7. The Morgan fingerprint density at radius 2 is 2.14 bits per heavy atom. The number of hydrogen-bond donors (Lipinski definition) is 2. The summed E-state index contributed by atoms with van der Waals surface area (Å²) in [6, 6.07) is 0.420. The highest BCUT2D eigenvalue weighted by atomic mass is 16.2. The molecule has 3 heteroatoms. The molecule has 0 aromatic rings. The highest BCUT2D eigenvalue weighted by molar-refractivity contribution is 5.79. The van der Waals surface area contributed by atoms with Crippen molar-refractivity contribution in [3.8, 4) is 0 Å². The average Bonchev–Trinajstić information content (AvgIpc) is 2.77. The van der Waals surface area contributed by atoms with Crippen LogP contribution in [0.1, 0.15) is 33.6 Å². The van der Waals surface area contributed by atoms with Crippen LogP contribution in [0.25, 0.3) is 0 Å². The van der Waals surface area contributed by atoms with Gasteiger partial charge >= 0.3 is 0 Å². The minimum Gasteiger partial charge on any atom is -0.353 e. The summed E-state index contributed by atoms with van der Waals surface area (Å²) in [6.07, 6.45) is 2.02. The third kappa shape index (κ3) is 3.29. The van der Waals surface area contributed by atoms with Crippen molar-refractivity contribution in [3.63, 3.8) is 0 Å². The molecule has 0 heterocycles. The highest BCUT2D eigenvalue weighted by Crippen LogP contribution is 2.29. The van der Waals surface area contributed by atoms with Gasteiger partial charge in [0, 0.05) is 12.6 Å². The molecule has 1 saturated carbocycles. The molecule has 1 rings (SSSR count). The molecule has 0 bridgehead atoms. The third-order valence-corrected chi connectivity index (χ3v) is 2.85. The molecule has 0 radical (unpaired) electrons. The van der Waals surface area contributed by atoms with Crippen molar-refractivity contribution < 1.29 is 4.79 Å². The van der Waals surface area contributed by atoms with Crippen molar-refractivity contribution >= 4 is 5.91 Å². The van der Waals surface area contributed by atoms with Crippen molar-refractivity contribution in [1.29, 1.82) is 0 Å². The first-order valence-electron chi connectivity index (χ1n) is 5.55. The van der Waals surface area contributed by atoms with Gasteiger partial charge in [-0.3, -0.25) is 4.79 Å². The van der Waals surface area contributed by atoms with Crippen LogP contribution in [0, 0.1) is 17.8 Å². The summed E-state index contributed by atoms with van der Waals surface area (Å²) in [6.45, 7) is 6.86. The first-order chi connectivity index (χ1) is 6.54. The van der Waals surface area contributed by atoms with E-state index in [2.05, 4.69) is 26.1 Å². The Hall–Kier alpha value is -0.570. The van der Waals surface area contributed by atoms with Gasteiger partial charge in [-0.05, 0) is 24.7 Å². The molecule has 0 aromatic carbocycles. The van der Waals surface area contributed by atoms with E-state index >= 15 is 0 Å². The van der Waals surface area contributed by atoms with E-state index in [-0.39, 0.29) is 11.8 Å². The zero-order valence-electron chi connectivity index (χ0n) is 9.42. The van der Waals surface area contributed by atoms with Crippen LogP contribution in [-0.4, -0.2) is 18.5 Å². The van der Waals surface area contributed by atoms with Crippen LogP contribution in [0.4, 0.5) is 0 Å². The van der Waals surface area contributed by atoms with Crippen LogP contribution >= 0.6 is 0 Å². The quantitative estimate of drug-likeness (QED) is 0.696. The normalized spacial score (nSPS) is 27.5. The smallest absolute Gasteiger partial charge is 0.224 e. The summed E-state index contributed by atoms with van der Waals surface area (Å²) in [5, 5.41) is 3.04. The minimum atomic E-state index is 0.00259. The van der Waals surface area contributed by atoms with E-state index in [1.165, 1.54) is 0 Å². The number of nitrogens with one attached hydrogen (secondary N) is 1.